The summed E-state index contributed by atoms with van der Waals surface area (Å²) in [4.78, 5) is 12.3. The first kappa shape index (κ1) is 14.2. The van der Waals surface area contributed by atoms with E-state index in [1.165, 1.54) is 6.92 Å². The monoisotopic (exact) mass is 254 g/mol. The van der Waals surface area contributed by atoms with Gasteiger partial charge in [0.15, 0.2) is 0 Å². The number of amides is 1. The summed E-state index contributed by atoms with van der Waals surface area (Å²) in [5.41, 5.74) is -0.423. The van der Waals surface area contributed by atoms with E-state index in [1.54, 1.807) is 0 Å². The highest BCUT2D eigenvalue weighted by Crippen LogP contribution is 2.18. The molecule has 1 aliphatic heterocycles. The lowest BCUT2D eigenvalue weighted by Crippen LogP contribution is -2.59. The lowest BCUT2D eigenvalue weighted by molar-refractivity contribution is -0.168. The van der Waals surface area contributed by atoms with Crippen LogP contribution in [0.5, 0.6) is 0 Å². The fourth-order valence-electron chi connectivity index (χ4n) is 1.50. The molecule has 1 fully saturated rings. The second kappa shape index (κ2) is 5.22. The third-order valence-electron chi connectivity index (χ3n) is 2.65. The number of likely N-dealkylation sites (N-methyl/N-ethyl adjacent to an activating group) is 1. The first-order valence-corrected chi connectivity index (χ1v) is 5.45. The number of hydrogen-bond acceptors (Lipinski definition) is 3. The lowest BCUT2D eigenvalue weighted by atomic mass is 10.0. The average Bonchev–Trinajstić information content (AvgIpc) is 2.18. The van der Waals surface area contributed by atoms with Gasteiger partial charge in [0.25, 0.3) is 0 Å². The molecule has 4 nitrogen and oxygen atoms in total. The van der Waals surface area contributed by atoms with Crippen LogP contribution in [0, 0.1) is 0 Å². The van der Waals surface area contributed by atoms with E-state index in [1.807, 2.05) is 6.92 Å². The van der Waals surface area contributed by atoms with E-state index in [0.29, 0.717) is 13.1 Å². The molecule has 0 aromatic heterocycles. The largest absolute Gasteiger partial charge is 0.406 e. The maximum Gasteiger partial charge on any atom is 0.406 e. The minimum Gasteiger partial charge on any atom is -0.363 e. The average molecular weight is 254 g/mol. The molecule has 1 saturated heterocycles. The Hall–Kier alpha value is -0.820. The lowest BCUT2D eigenvalue weighted by Gasteiger charge is -2.39. The molecule has 0 aliphatic carbocycles. The zero-order chi connectivity index (χ0) is 13.1. The van der Waals surface area contributed by atoms with Crippen molar-refractivity contribution in [3.05, 3.63) is 0 Å². The fraction of sp³-hybridized carbons (Fsp3) is 0.900. The van der Waals surface area contributed by atoms with E-state index < -0.39 is 24.2 Å². The van der Waals surface area contributed by atoms with Crippen molar-refractivity contribution in [2.45, 2.75) is 25.6 Å². The number of alkyl halides is 3. The maximum atomic E-state index is 12.2. The van der Waals surface area contributed by atoms with E-state index in [2.05, 4.69) is 5.32 Å². The molecule has 1 amide bonds. The smallest absolute Gasteiger partial charge is 0.363 e. The molecule has 0 spiro atoms. The summed E-state index contributed by atoms with van der Waals surface area (Å²) in [6.07, 6.45) is -4.37. The molecular formula is C10H17F3N2O2. The van der Waals surface area contributed by atoms with Crippen molar-refractivity contribution >= 4 is 5.91 Å². The Morgan fingerprint density at radius 2 is 2.06 bits per heavy atom. The molecule has 0 aromatic carbocycles. The SMILES string of the molecule is CCN(CC(F)(F)F)C(=O)COC1(C)CNC1. The van der Waals surface area contributed by atoms with E-state index in [4.69, 9.17) is 4.74 Å². The number of rotatable bonds is 5. The molecular weight excluding hydrogens is 237 g/mol. The van der Waals surface area contributed by atoms with Crippen molar-refractivity contribution < 1.29 is 22.7 Å². The van der Waals surface area contributed by atoms with Crippen LogP contribution in [-0.4, -0.2) is 55.4 Å². The molecule has 0 bridgehead atoms. The van der Waals surface area contributed by atoms with Crippen molar-refractivity contribution in [2.24, 2.45) is 0 Å². The predicted molar refractivity (Wildman–Crippen MR) is 55.5 cm³/mol. The van der Waals surface area contributed by atoms with Gasteiger partial charge in [0, 0.05) is 19.6 Å². The Morgan fingerprint density at radius 3 is 2.41 bits per heavy atom. The molecule has 1 aliphatic rings. The quantitative estimate of drug-likeness (QED) is 0.788. The second-order valence-electron chi connectivity index (χ2n) is 4.37. The number of carbonyl (C=O) groups is 1. The summed E-state index contributed by atoms with van der Waals surface area (Å²) in [6, 6.07) is 0. The van der Waals surface area contributed by atoms with Crippen LogP contribution in [0.2, 0.25) is 0 Å². The first-order valence-electron chi connectivity index (χ1n) is 5.45. The van der Waals surface area contributed by atoms with Crippen LogP contribution < -0.4 is 5.32 Å². The first-order chi connectivity index (χ1) is 7.76. The summed E-state index contributed by atoms with van der Waals surface area (Å²) >= 11 is 0. The van der Waals surface area contributed by atoms with Gasteiger partial charge in [-0.2, -0.15) is 13.2 Å². The highest BCUT2D eigenvalue weighted by Gasteiger charge is 2.35. The molecule has 17 heavy (non-hydrogen) atoms. The topological polar surface area (TPSA) is 41.6 Å². The zero-order valence-electron chi connectivity index (χ0n) is 9.93. The maximum absolute atomic E-state index is 12.2. The molecule has 1 rings (SSSR count). The van der Waals surface area contributed by atoms with Crippen molar-refractivity contribution in [2.75, 3.05) is 32.8 Å². The van der Waals surface area contributed by atoms with Crippen LogP contribution in [0.25, 0.3) is 0 Å². The molecule has 1 N–H and O–H groups in total. The van der Waals surface area contributed by atoms with E-state index in [9.17, 15) is 18.0 Å². The van der Waals surface area contributed by atoms with Crippen molar-refractivity contribution in [1.82, 2.24) is 10.2 Å². The Bertz CT molecular complexity index is 277. The number of halogens is 3. The molecule has 1 heterocycles. The van der Waals surface area contributed by atoms with Gasteiger partial charge >= 0.3 is 6.18 Å². The Kier molecular flexibility index (Phi) is 4.37. The second-order valence-corrected chi connectivity index (χ2v) is 4.37. The Morgan fingerprint density at radius 1 is 1.47 bits per heavy atom. The normalized spacial score (nSPS) is 18.6. The minimum absolute atomic E-state index is 0.0245. The number of carbonyl (C=O) groups excluding carboxylic acids is 1. The van der Waals surface area contributed by atoms with Gasteiger partial charge in [0.1, 0.15) is 13.2 Å². The van der Waals surface area contributed by atoms with Gasteiger partial charge < -0.3 is 15.0 Å². The van der Waals surface area contributed by atoms with Gasteiger partial charge in [-0.15, -0.1) is 0 Å². The molecule has 0 unspecified atom stereocenters. The summed E-state index contributed by atoms with van der Waals surface area (Å²) in [5.74, 6) is -0.627. The number of nitrogens with zero attached hydrogens (tertiary/aromatic N) is 1. The molecule has 100 valence electrons. The van der Waals surface area contributed by atoms with Crippen LogP contribution in [-0.2, 0) is 9.53 Å². The standard InChI is InChI=1S/C10H17F3N2O2/c1-3-15(7-10(11,12)13)8(16)4-17-9(2)5-14-6-9/h14H,3-7H2,1-2H3. The van der Waals surface area contributed by atoms with Gasteiger partial charge in [-0.1, -0.05) is 0 Å². The van der Waals surface area contributed by atoms with Crippen LogP contribution in [0.15, 0.2) is 0 Å². The highest BCUT2D eigenvalue weighted by atomic mass is 19.4. The van der Waals surface area contributed by atoms with E-state index in [-0.39, 0.29) is 13.2 Å². The third kappa shape index (κ3) is 4.51. The molecule has 0 saturated carbocycles. The number of ether oxygens (including phenoxy) is 1. The van der Waals surface area contributed by atoms with Crippen molar-refractivity contribution in [3.63, 3.8) is 0 Å². The van der Waals surface area contributed by atoms with Crippen molar-refractivity contribution in [1.29, 1.82) is 0 Å². The van der Waals surface area contributed by atoms with Gasteiger partial charge in [-0.25, -0.2) is 0 Å². The summed E-state index contributed by atoms with van der Waals surface area (Å²) in [6.45, 7) is 3.06. The third-order valence-corrected chi connectivity index (χ3v) is 2.65. The summed E-state index contributed by atoms with van der Waals surface area (Å²) < 4.78 is 41.8. The van der Waals surface area contributed by atoms with Crippen LogP contribution in [0.1, 0.15) is 13.8 Å². The molecule has 0 radical (unpaired) electrons. The zero-order valence-corrected chi connectivity index (χ0v) is 9.93. The van der Waals surface area contributed by atoms with E-state index in [0.717, 1.165) is 4.90 Å². The van der Waals surface area contributed by atoms with Gasteiger partial charge in [0.05, 0.1) is 5.60 Å². The van der Waals surface area contributed by atoms with Crippen LogP contribution >= 0.6 is 0 Å². The number of hydrogen-bond donors (Lipinski definition) is 1. The molecule has 0 aromatic rings. The molecule has 0 atom stereocenters. The fourth-order valence-corrected chi connectivity index (χ4v) is 1.50. The highest BCUT2D eigenvalue weighted by molar-refractivity contribution is 5.77. The minimum atomic E-state index is -4.37. The predicted octanol–water partition coefficient (Wildman–Crippen LogP) is 0.776. The molecule has 7 heteroatoms. The number of nitrogens with one attached hydrogen (secondary N) is 1. The van der Waals surface area contributed by atoms with Crippen molar-refractivity contribution in [3.8, 4) is 0 Å². The summed E-state index contributed by atoms with van der Waals surface area (Å²) in [5, 5.41) is 2.98. The van der Waals surface area contributed by atoms with Gasteiger partial charge in [0.2, 0.25) is 5.91 Å². The van der Waals surface area contributed by atoms with Crippen LogP contribution in [0.3, 0.4) is 0 Å². The van der Waals surface area contributed by atoms with Gasteiger partial charge in [-0.3, -0.25) is 4.79 Å². The van der Waals surface area contributed by atoms with Crippen LogP contribution in [0.4, 0.5) is 13.2 Å². The summed E-state index contributed by atoms with van der Waals surface area (Å²) in [7, 11) is 0. The Labute approximate surface area is 98.1 Å². The van der Waals surface area contributed by atoms with Gasteiger partial charge in [-0.05, 0) is 13.8 Å². The van der Waals surface area contributed by atoms with E-state index >= 15 is 0 Å². The Balaban J connectivity index is 2.38.